The Hall–Kier alpha value is -0.180. The predicted molar refractivity (Wildman–Crippen MR) is 45.4 cm³/mol. The van der Waals surface area contributed by atoms with Crippen LogP contribution < -0.4 is 0 Å². The summed E-state index contributed by atoms with van der Waals surface area (Å²) in [7, 11) is 1.79. The molecule has 72 valence electrons. The average molecular weight is 177 g/mol. The number of hydrogen-bond acceptors (Lipinski definition) is 1. The van der Waals surface area contributed by atoms with E-state index in [1.807, 2.05) is 0 Å². The van der Waals surface area contributed by atoms with Gasteiger partial charge in [0.15, 0.2) is 0 Å². The molecule has 1 atom stereocenters. The van der Waals surface area contributed by atoms with Gasteiger partial charge < -0.3 is 0 Å². The third kappa shape index (κ3) is 1.60. The minimum absolute atomic E-state index is 0.530. The van der Waals surface area contributed by atoms with Crippen molar-refractivity contribution in [3.63, 3.8) is 0 Å². The third-order valence-corrected chi connectivity index (χ3v) is 2.73. The van der Waals surface area contributed by atoms with Crippen LogP contribution >= 0.6 is 0 Å². The first kappa shape index (κ1) is 9.90. The second-order valence-electron chi connectivity index (χ2n) is 3.97. The molecule has 0 amide bonds. The molecule has 12 heavy (non-hydrogen) atoms. The zero-order valence-electron chi connectivity index (χ0n) is 7.98. The van der Waals surface area contributed by atoms with E-state index in [0.717, 1.165) is 13.0 Å². The summed E-state index contributed by atoms with van der Waals surface area (Å²) in [6.45, 7) is 3.99. The molecule has 0 N–H and O–H groups in total. The van der Waals surface area contributed by atoms with Gasteiger partial charge in [0.25, 0.3) is 5.92 Å². The topological polar surface area (TPSA) is 3.24 Å². The van der Waals surface area contributed by atoms with E-state index in [9.17, 15) is 8.78 Å². The molecule has 0 bridgehead atoms. The van der Waals surface area contributed by atoms with Gasteiger partial charge in [0.1, 0.15) is 0 Å². The van der Waals surface area contributed by atoms with Crippen molar-refractivity contribution in [2.75, 3.05) is 13.6 Å². The number of hydrogen-bond donors (Lipinski definition) is 0. The average Bonchev–Trinajstić information content (AvgIpc) is 2.35. The molecule has 0 aliphatic carbocycles. The van der Waals surface area contributed by atoms with Gasteiger partial charge in [0.05, 0.1) is 6.04 Å². The molecule has 1 heterocycles. The molecular weight excluding hydrogens is 160 g/mol. The van der Waals surface area contributed by atoms with Crippen molar-refractivity contribution in [3.05, 3.63) is 0 Å². The molecule has 1 fully saturated rings. The van der Waals surface area contributed by atoms with Crippen LogP contribution in [-0.4, -0.2) is 30.5 Å². The van der Waals surface area contributed by atoms with Gasteiger partial charge in [-0.2, -0.15) is 0 Å². The summed E-state index contributed by atoms with van der Waals surface area (Å²) < 4.78 is 26.9. The van der Waals surface area contributed by atoms with Crippen molar-refractivity contribution in [1.29, 1.82) is 0 Å². The zero-order chi connectivity index (χ0) is 9.35. The van der Waals surface area contributed by atoms with Gasteiger partial charge in [-0.3, -0.25) is 4.90 Å². The Morgan fingerprint density at radius 2 is 2.00 bits per heavy atom. The van der Waals surface area contributed by atoms with Crippen LogP contribution in [0.5, 0.6) is 0 Å². The van der Waals surface area contributed by atoms with Crippen LogP contribution in [0.4, 0.5) is 8.78 Å². The van der Waals surface area contributed by atoms with E-state index >= 15 is 0 Å². The van der Waals surface area contributed by atoms with Crippen molar-refractivity contribution >= 4 is 0 Å². The molecule has 1 aliphatic heterocycles. The maximum atomic E-state index is 13.5. The SMILES string of the molecule is CC(C)C(F)(F)[C@@H]1CCCN1C. The van der Waals surface area contributed by atoms with Gasteiger partial charge in [-0.05, 0) is 26.4 Å². The van der Waals surface area contributed by atoms with E-state index in [2.05, 4.69) is 0 Å². The summed E-state index contributed by atoms with van der Waals surface area (Å²) in [4.78, 5) is 1.78. The van der Waals surface area contributed by atoms with Gasteiger partial charge in [0.2, 0.25) is 0 Å². The molecule has 1 aliphatic rings. The molecule has 1 saturated heterocycles. The van der Waals surface area contributed by atoms with Crippen molar-refractivity contribution < 1.29 is 8.78 Å². The molecule has 0 aromatic carbocycles. The fourth-order valence-corrected chi connectivity index (χ4v) is 1.78. The lowest BCUT2D eigenvalue weighted by Gasteiger charge is -2.31. The first-order valence-corrected chi connectivity index (χ1v) is 4.54. The minimum Gasteiger partial charge on any atom is -0.298 e. The standard InChI is InChI=1S/C9H17F2N/c1-7(2)9(10,11)8-5-4-6-12(8)3/h7-8H,4-6H2,1-3H3/t8-/m0/s1. The van der Waals surface area contributed by atoms with Crippen LogP contribution in [0.2, 0.25) is 0 Å². The maximum absolute atomic E-state index is 13.5. The fourth-order valence-electron chi connectivity index (χ4n) is 1.78. The Balaban J connectivity index is 2.67. The Morgan fingerprint density at radius 1 is 1.42 bits per heavy atom. The minimum atomic E-state index is -2.52. The number of alkyl halides is 2. The molecule has 0 aromatic heterocycles. The molecule has 3 heteroatoms. The number of nitrogens with zero attached hydrogens (tertiary/aromatic N) is 1. The van der Waals surface area contributed by atoms with Crippen molar-refractivity contribution in [2.24, 2.45) is 5.92 Å². The molecule has 1 rings (SSSR count). The van der Waals surface area contributed by atoms with E-state index in [1.165, 1.54) is 0 Å². The van der Waals surface area contributed by atoms with E-state index < -0.39 is 17.9 Å². The van der Waals surface area contributed by atoms with Crippen LogP contribution in [0.15, 0.2) is 0 Å². The lowest BCUT2D eigenvalue weighted by molar-refractivity contribution is -0.0996. The highest BCUT2D eigenvalue weighted by Crippen LogP contribution is 2.35. The zero-order valence-corrected chi connectivity index (χ0v) is 7.98. The fraction of sp³-hybridized carbons (Fsp3) is 1.00. The van der Waals surface area contributed by atoms with Crippen LogP contribution in [0.3, 0.4) is 0 Å². The van der Waals surface area contributed by atoms with E-state index in [4.69, 9.17) is 0 Å². The summed E-state index contributed by atoms with van der Waals surface area (Å²) in [5.74, 6) is -3.08. The third-order valence-electron chi connectivity index (χ3n) is 2.73. The van der Waals surface area contributed by atoms with Crippen molar-refractivity contribution in [1.82, 2.24) is 4.90 Å². The van der Waals surface area contributed by atoms with Gasteiger partial charge in [-0.25, -0.2) is 8.78 Å². The lowest BCUT2D eigenvalue weighted by Crippen LogP contribution is -2.45. The van der Waals surface area contributed by atoms with Crippen LogP contribution in [-0.2, 0) is 0 Å². The molecular formula is C9H17F2N. The van der Waals surface area contributed by atoms with Crippen LogP contribution in [0.25, 0.3) is 0 Å². The van der Waals surface area contributed by atoms with Crippen LogP contribution in [0, 0.1) is 5.92 Å². The first-order valence-electron chi connectivity index (χ1n) is 4.54. The molecule has 1 nitrogen and oxygen atoms in total. The highest BCUT2D eigenvalue weighted by molar-refractivity contribution is 4.90. The Bertz CT molecular complexity index is 157. The van der Waals surface area contributed by atoms with Gasteiger partial charge in [0, 0.05) is 5.92 Å². The van der Waals surface area contributed by atoms with E-state index in [1.54, 1.807) is 25.8 Å². The van der Waals surface area contributed by atoms with Crippen molar-refractivity contribution in [2.45, 2.75) is 38.7 Å². The number of rotatable bonds is 2. The highest BCUT2D eigenvalue weighted by Gasteiger charge is 2.46. The monoisotopic (exact) mass is 177 g/mol. The second kappa shape index (κ2) is 3.29. The predicted octanol–water partition coefficient (Wildman–Crippen LogP) is 2.37. The maximum Gasteiger partial charge on any atom is 0.265 e. The quantitative estimate of drug-likeness (QED) is 0.626. The van der Waals surface area contributed by atoms with E-state index in [0.29, 0.717) is 6.42 Å². The largest absolute Gasteiger partial charge is 0.298 e. The Morgan fingerprint density at radius 3 is 2.33 bits per heavy atom. The molecule has 0 saturated carbocycles. The van der Waals surface area contributed by atoms with E-state index in [-0.39, 0.29) is 0 Å². The Labute approximate surface area is 72.7 Å². The highest BCUT2D eigenvalue weighted by atomic mass is 19.3. The van der Waals surface area contributed by atoms with Crippen molar-refractivity contribution in [3.8, 4) is 0 Å². The molecule has 0 unspecified atom stereocenters. The molecule has 0 spiro atoms. The summed E-state index contributed by atoms with van der Waals surface area (Å²) >= 11 is 0. The molecule has 0 aromatic rings. The van der Waals surface area contributed by atoms with Gasteiger partial charge in [-0.15, -0.1) is 0 Å². The number of halogens is 2. The smallest absolute Gasteiger partial charge is 0.265 e. The lowest BCUT2D eigenvalue weighted by atomic mass is 9.97. The second-order valence-corrected chi connectivity index (χ2v) is 3.97. The summed E-state index contributed by atoms with van der Waals surface area (Å²) in [6, 6.07) is -0.530. The van der Waals surface area contributed by atoms with Crippen LogP contribution in [0.1, 0.15) is 26.7 Å². The Kier molecular flexibility index (Phi) is 2.71. The first-order chi connectivity index (χ1) is 5.46. The number of likely N-dealkylation sites (tertiary alicyclic amines) is 1. The van der Waals surface area contributed by atoms with Gasteiger partial charge in [-0.1, -0.05) is 13.8 Å². The normalized spacial score (nSPS) is 27.0. The summed E-state index contributed by atoms with van der Waals surface area (Å²) in [5, 5.41) is 0. The van der Waals surface area contributed by atoms with Gasteiger partial charge >= 0.3 is 0 Å². The summed E-state index contributed by atoms with van der Waals surface area (Å²) in [6.07, 6.45) is 1.55. The summed E-state index contributed by atoms with van der Waals surface area (Å²) in [5.41, 5.74) is 0. The molecule has 0 radical (unpaired) electrons.